The Bertz CT molecular complexity index is 175. The van der Waals surface area contributed by atoms with Crippen LogP contribution in [0.15, 0.2) is 18.2 Å². The maximum atomic E-state index is 5.66. The molecule has 1 aromatic rings. The quantitative estimate of drug-likeness (QED) is 0.572. The van der Waals surface area contributed by atoms with E-state index in [1.165, 1.54) is 0 Å². The molecule has 0 atom stereocenters. The predicted octanol–water partition coefficient (Wildman–Crippen LogP) is 4.22. The molecule has 0 saturated heterocycles. The number of benzene rings is 1. The van der Waals surface area contributed by atoms with Crippen molar-refractivity contribution in [2.75, 3.05) is 0 Å². The lowest BCUT2D eigenvalue weighted by atomic mass is 10.4. The highest BCUT2D eigenvalue weighted by Gasteiger charge is 1.92. The topological polar surface area (TPSA) is 0 Å². The van der Waals surface area contributed by atoms with Crippen LogP contribution < -0.4 is 0 Å². The summed E-state index contributed by atoms with van der Waals surface area (Å²) in [6.45, 7) is 0. The Morgan fingerprint density at radius 2 is 1.40 bits per heavy atom. The van der Waals surface area contributed by atoms with Gasteiger partial charge >= 0.3 is 0 Å². The van der Waals surface area contributed by atoms with Gasteiger partial charge in [0.1, 0.15) is 0 Å². The molecule has 0 heterocycles. The van der Waals surface area contributed by atoms with E-state index in [0.717, 1.165) is 3.57 Å². The summed E-state index contributed by atoms with van der Waals surface area (Å²) < 4.78 is 1.06. The summed E-state index contributed by atoms with van der Waals surface area (Å²) >= 11 is 13.5. The fourth-order valence-corrected chi connectivity index (χ4v) is 2.09. The van der Waals surface area contributed by atoms with Gasteiger partial charge in [-0.1, -0.05) is 23.2 Å². The fraction of sp³-hybridized carbons (Fsp3) is 0. The van der Waals surface area contributed by atoms with Gasteiger partial charge in [-0.05, 0) is 40.8 Å². The van der Waals surface area contributed by atoms with Crippen LogP contribution in [-0.4, -0.2) is 0 Å². The molecule has 1 aromatic carbocycles. The van der Waals surface area contributed by atoms with Crippen LogP contribution in [0.4, 0.5) is 0 Å². The van der Waals surface area contributed by atoms with Gasteiger partial charge in [0.2, 0.25) is 0 Å². The number of halogens is 4. The van der Waals surface area contributed by atoms with Gasteiger partial charge in [0.05, 0.1) is 0 Å². The van der Waals surface area contributed by atoms with Crippen LogP contribution in [0.1, 0.15) is 0 Å². The molecule has 0 aliphatic rings. The van der Waals surface area contributed by atoms with Gasteiger partial charge in [-0.2, -0.15) is 0 Å². The SMILES string of the molecule is Clc1cc(Cl)cc(I)c1.I. The molecule has 0 fully saturated rings. The van der Waals surface area contributed by atoms with Crippen LogP contribution in [0.2, 0.25) is 10.0 Å². The van der Waals surface area contributed by atoms with Crippen LogP contribution in [0.5, 0.6) is 0 Å². The van der Waals surface area contributed by atoms with Crippen molar-refractivity contribution in [2.24, 2.45) is 0 Å². The first kappa shape index (κ1) is 11.3. The Hall–Kier alpha value is 1.26. The Kier molecular flexibility index (Phi) is 5.63. The monoisotopic (exact) mass is 400 g/mol. The lowest BCUT2D eigenvalue weighted by Crippen LogP contribution is -1.69. The third kappa shape index (κ3) is 3.59. The highest BCUT2D eigenvalue weighted by molar-refractivity contribution is 14.1. The largest absolute Gasteiger partial charge is 0.107 e. The van der Waals surface area contributed by atoms with Crippen LogP contribution in [0.25, 0.3) is 0 Å². The minimum Gasteiger partial charge on any atom is -0.107 e. The summed E-state index contributed by atoms with van der Waals surface area (Å²) in [7, 11) is 0. The number of hydrogen-bond acceptors (Lipinski definition) is 0. The molecule has 0 saturated carbocycles. The van der Waals surface area contributed by atoms with E-state index in [4.69, 9.17) is 23.2 Å². The molecule has 0 N–H and O–H groups in total. The lowest BCUT2D eigenvalue weighted by molar-refractivity contribution is 1.64. The molecule has 56 valence electrons. The average Bonchev–Trinajstić information content (AvgIpc) is 1.59. The van der Waals surface area contributed by atoms with E-state index in [-0.39, 0.29) is 24.0 Å². The van der Waals surface area contributed by atoms with Gasteiger partial charge in [0.15, 0.2) is 0 Å². The maximum Gasteiger partial charge on any atom is 0.0431 e. The summed E-state index contributed by atoms with van der Waals surface area (Å²) in [5.74, 6) is 0. The first-order valence-corrected chi connectivity index (χ1v) is 4.13. The second-order valence-corrected chi connectivity index (χ2v) is 3.71. The minimum absolute atomic E-state index is 0. The Morgan fingerprint density at radius 1 is 1.00 bits per heavy atom. The summed E-state index contributed by atoms with van der Waals surface area (Å²) in [6, 6.07) is 5.42. The Morgan fingerprint density at radius 3 is 1.70 bits per heavy atom. The van der Waals surface area contributed by atoms with E-state index in [1.807, 2.05) is 12.1 Å². The number of hydrogen-bond donors (Lipinski definition) is 0. The van der Waals surface area contributed by atoms with Crippen molar-refractivity contribution in [2.45, 2.75) is 0 Å². The van der Waals surface area contributed by atoms with Gasteiger partial charge < -0.3 is 0 Å². The smallest absolute Gasteiger partial charge is 0.0431 e. The van der Waals surface area contributed by atoms with Crippen molar-refractivity contribution < 1.29 is 0 Å². The van der Waals surface area contributed by atoms with Gasteiger partial charge in [-0.15, -0.1) is 24.0 Å². The molecule has 4 heteroatoms. The number of rotatable bonds is 0. The summed E-state index contributed by atoms with van der Waals surface area (Å²) in [5.41, 5.74) is 0. The van der Waals surface area contributed by atoms with E-state index in [1.54, 1.807) is 6.07 Å². The average molecular weight is 401 g/mol. The van der Waals surface area contributed by atoms with Crippen molar-refractivity contribution >= 4 is 69.8 Å². The molecular formula is C6H4Cl2I2. The van der Waals surface area contributed by atoms with Crippen molar-refractivity contribution in [3.05, 3.63) is 31.8 Å². The Labute approximate surface area is 100 Å². The molecule has 0 unspecified atom stereocenters. The second-order valence-electron chi connectivity index (χ2n) is 1.59. The van der Waals surface area contributed by atoms with Crippen LogP contribution in [-0.2, 0) is 0 Å². The van der Waals surface area contributed by atoms with Crippen molar-refractivity contribution in [1.82, 2.24) is 0 Å². The van der Waals surface area contributed by atoms with E-state index in [9.17, 15) is 0 Å². The molecule has 0 aliphatic carbocycles. The summed E-state index contributed by atoms with van der Waals surface area (Å²) in [4.78, 5) is 0. The first-order chi connectivity index (χ1) is 4.18. The summed E-state index contributed by atoms with van der Waals surface area (Å²) in [5, 5.41) is 1.37. The first-order valence-electron chi connectivity index (χ1n) is 2.30. The third-order valence-electron chi connectivity index (χ3n) is 0.827. The van der Waals surface area contributed by atoms with E-state index in [2.05, 4.69) is 22.6 Å². The molecule has 0 aliphatic heterocycles. The minimum atomic E-state index is 0. The molecule has 0 amide bonds. The lowest BCUT2D eigenvalue weighted by Gasteiger charge is -1.92. The molecule has 0 radical (unpaired) electrons. The van der Waals surface area contributed by atoms with Crippen molar-refractivity contribution in [1.29, 1.82) is 0 Å². The van der Waals surface area contributed by atoms with Crippen molar-refractivity contribution in [3.8, 4) is 0 Å². The van der Waals surface area contributed by atoms with Gasteiger partial charge in [0.25, 0.3) is 0 Å². The van der Waals surface area contributed by atoms with Crippen LogP contribution in [0.3, 0.4) is 0 Å². The molecule has 10 heavy (non-hydrogen) atoms. The standard InChI is InChI=1S/C6H3Cl2I.HI/c7-4-1-5(8)3-6(9)2-4;/h1-3H;1H. The van der Waals surface area contributed by atoms with Gasteiger partial charge in [-0.25, -0.2) is 0 Å². The molecule has 1 rings (SSSR count). The molecule has 0 nitrogen and oxygen atoms in total. The zero-order valence-electron chi connectivity index (χ0n) is 4.77. The molecule has 0 spiro atoms. The van der Waals surface area contributed by atoms with E-state index < -0.39 is 0 Å². The zero-order chi connectivity index (χ0) is 6.85. The molecular weight excluding hydrogens is 397 g/mol. The summed E-state index contributed by atoms with van der Waals surface area (Å²) in [6.07, 6.45) is 0. The molecule has 0 aromatic heterocycles. The van der Waals surface area contributed by atoms with E-state index >= 15 is 0 Å². The highest BCUT2D eigenvalue weighted by atomic mass is 127. The third-order valence-corrected chi connectivity index (χ3v) is 1.89. The maximum absolute atomic E-state index is 5.66. The predicted molar refractivity (Wildman–Crippen MR) is 64.6 cm³/mol. The van der Waals surface area contributed by atoms with Gasteiger partial charge in [0, 0.05) is 13.6 Å². The van der Waals surface area contributed by atoms with Crippen LogP contribution >= 0.6 is 69.8 Å². The normalized spacial score (nSPS) is 8.70. The Balaban J connectivity index is 0.000000810. The van der Waals surface area contributed by atoms with Gasteiger partial charge in [-0.3, -0.25) is 0 Å². The second kappa shape index (κ2) is 5.00. The van der Waals surface area contributed by atoms with Crippen LogP contribution in [0, 0.1) is 3.57 Å². The zero-order valence-corrected chi connectivity index (χ0v) is 10.8. The highest BCUT2D eigenvalue weighted by Crippen LogP contribution is 2.19. The molecule has 0 bridgehead atoms. The van der Waals surface area contributed by atoms with Crippen molar-refractivity contribution in [3.63, 3.8) is 0 Å². The van der Waals surface area contributed by atoms with E-state index in [0.29, 0.717) is 10.0 Å². The fourth-order valence-electron chi connectivity index (χ4n) is 0.520.